The maximum atomic E-state index is 14.5. The summed E-state index contributed by atoms with van der Waals surface area (Å²) in [6.07, 6.45) is 5.28. The van der Waals surface area contributed by atoms with Crippen LogP contribution in [-0.2, 0) is 43.2 Å². The van der Waals surface area contributed by atoms with Gasteiger partial charge in [-0.1, -0.05) is 73.2 Å². The van der Waals surface area contributed by atoms with Crippen molar-refractivity contribution in [3.8, 4) is 0 Å². The van der Waals surface area contributed by atoms with Crippen molar-refractivity contribution in [1.82, 2.24) is 26.3 Å². The minimum Gasteiger partial charge on any atom is -0.368 e. The molecule has 0 aliphatic rings. The van der Waals surface area contributed by atoms with Gasteiger partial charge in [0.25, 0.3) is 0 Å². The predicted octanol–water partition coefficient (Wildman–Crippen LogP) is 2.42. The fraction of sp³-hybridized carbons (Fsp3) is 0.372. The zero-order valence-corrected chi connectivity index (χ0v) is 33.4. The third-order valence-electron chi connectivity index (χ3n) is 10.2. The Labute approximate surface area is 342 Å². The average molecular weight is 810 g/mol. The molecule has 308 valence electrons. The molecule has 0 spiro atoms. The van der Waals surface area contributed by atoms with Gasteiger partial charge in [-0.15, -0.1) is 11.3 Å². The average Bonchev–Trinajstić information content (AvgIpc) is 3.83. The van der Waals surface area contributed by atoms with Gasteiger partial charge in [-0.25, -0.2) is 0 Å². The molecule has 58 heavy (non-hydrogen) atoms. The normalized spacial score (nSPS) is 13.9. The van der Waals surface area contributed by atoms with Crippen molar-refractivity contribution in [3.63, 3.8) is 0 Å². The summed E-state index contributed by atoms with van der Waals surface area (Å²) in [6, 6.07) is 19.2. The van der Waals surface area contributed by atoms with Gasteiger partial charge in [0.1, 0.15) is 24.2 Å². The minimum absolute atomic E-state index is 0.0465. The second-order valence-electron chi connectivity index (χ2n) is 14.5. The van der Waals surface area contributed by atoms with Gasteiger partial charge in [-0.2, -0.15) is 0 Å². The highest BCUT2D eigenvalue weighted by Gasteiger charge is 2.33. The van der Waals surface area contributed by atoms with Crippen LogP contribution < -0.4 is 44.2 Å². The number of para-hydroxylation sites is 1. The van der Waals surface area contributed by atoms with E-state index >= 15 is 0 Å². The number of carbonyl (C=O) groups is 5. The zero-order chi connectivity index (χ0) is 41.4. The molecule has 0 radical (unpaired) electrons. The lowest BCUT2D eigenvalue weighted by Gasteiger charge is -2.27. The van der Waals surface area contributed by atoms with Gasteiger partial charge in [0.15, 0.2) is 0 Å². The van der Waals surface area contributed by atoms with Gasteiger partial charge in [0.05, 0.1) is 6.04 Å². The van der Waals surface area contributed by atoms with E-state index in [1.807, 2.05) is 84.2 Å². The fourth-order valence-electron chi connectivity index (χ4n) is 6.92. The standard InChI is InChI=1S/C43H55N9O5S/c44-20-10-8-16-32(46)40(54)50-37(24-29-26-58-38-19-7-5-15-31(29)38)43(57)52-36(23-28-25-48-33-17-6-4-14-30(28)33)42(56)51-35(22-27-12-2-1-3-13-27)41(55)49-34(39(47)53)18-9-11-21-45/h1-7,12-15,17,19,25-26,32,34-37,48H,8-11,16,18,20-24,44-46H2,(H2,47,53)(H,49,55)(H,50,54)(H,51,56)(H,52,57)/t32-,34-,35+,36-,37-/m1/s1. The number of rotatable bonds is 23. The van der Waals surface area contributed by atoms with Gasteiger partial charge < -0.3 is 49.2 Å². The van der Waals surface area contributed by atoms with E-state index in [1.54, 1.807) is 6.20 Å². The Balaban J connectivity index is 1.45. The summed E-state index contributed by atoms with van der Waals surface area (Å²) in [6.45, 7) is 0.893. The Bertz CT molecular complexity index is 2140. The number of amides is 5. The highest BCUT2D eigenvalue weighted by Crippen LogP contribution is 2.27. The van der Waals surface area contributed by atoms with E-state index in [9.17, 15) is 24.0 Å². The van der Waals surface area contributed by atoms with Gasteiger partial charge in [-0.05, 0) is 84.8 Å². The number of aromatic amines is 1. The van der Waals surface area contributed by atoms with E-state index in [2.05, 4.69) is 26.3 Å². The number of hydrogen-bond donors (Lipinski definition) is 9. The molecule has 5 amide bonds. The van der Waals surface area contributed by atoms with Crippen LogP contribution in [0.1, 0.15) is 55.2 Å². The minimum atomic E-state index is -1.20. The van der Waals surface area contributed by atoms with E-state index in [0.717, 1.165) is 37.7 Å². The maximum absolute atomic E-state index is 14.5. The van der Waals surface area contributed by atoms with E-state index < -0.39 is 59.7 Å². The molecule has 0 aliphatic carbocycles. The summed E-state index contributed by atoms with van der Waals surface area (Å²) < 4.78 is 1.03. The molecular weight excluding hydrogens is 755 g/mol. The molecule has 15 heteroatoms. The van der Waals surface area contributed by atoms with E-state index in [4.69, 9.17) is 22.9 Å². The number of fused-ring (bicyclic) bond motifs is 2. The fourth-order valence-corrected chi connectivity index (χ4v) is 7.90. The zero-order valence-electron chi connectivity index (χ0n) is 32.6. The van der Waals surface area contributed by atoms with Crippen LogP contribution in [0.4, 0.5) is 0 Å². The number of nitrogens with one attached hydrogen (secondary N) is 5. The summed E-state index contributed by atoms with van der Waals surface area (Å²) in [5, 5.41) is 15.2. The SMILES string of the molecule is NCCCC[C@@H](N)C(=O)N[C@H](Cc1csc2ccccc12)C(=O)N[C@H](Cc1c[nH]c2ccccc12)C(=O)N[C@@H](Cc1ccccc1)C(=O)N[C@H](CCCCN)C(N)=O. The number of H-pyrrole nitrogens is 1. The number of nitrogens with two attached hydrogens (primary N) is 4. The van der Waals surface area contributed by atoms with E-state index in [0.29, 0.717) is 45.2 Å². The van der Waals surface area contributed by atoms with Crippen molar-refractivity contribution in [2.45, 2.75) is 88.0 Å². The van der Waals surface area contributed by atoms with Crippen LogP contribution in [0.15, 0.2) is 90.4 Å². The van der Waals surface area contributed by atoms with Crippen molar-refractivity contribution in [1.29, 1.82) is 0 Å². The maximum Gasteiger partial charge on any atom is 0.243 e. The summed E-state index contributed by atoms with van der Waals surface area (Å²) in [5.74, 6) is -3.05. The molecule has 0 aliphatic heterocycles. The lowest BCUT2D eigenvalue weighted by molar-refractivity contribution is -0.134. The van der Waals surface area contributed by atoms with Gasteiger partial charge >= 0.3 is 0 Å². The van der Waals surface area contributed by atoms with Gasteiger partial charge in [0, 0.05) is 41.1 Å². The first-order valence-corrected chi connectivity index (χ1v) is 20.7. The number of benzene rings is 3. The summed E-state index contributed by atoms with van der Waals surface area (Å²) in [5.41, 5.74) is 26.4. The Kier molecular flexibility index (Phi) is 16.3. The predicted molar refractivity (Wildman–Crippen MR) is 228 cm³/mol. The Morgan fingerprint density at radius 3 is 1.78 bits per heavy atom. The van der Waals surface area contributed by atoms with Crippen molar-refractivity contribution >= 4 is 61.9 Å². The van der Waals surface area contributed by atoms with Crippen molar-refractivity contribution < 1.29 is 24.0 Å². The molecule has 5 aromatic rings. The van der Waals surface area contributed by atoms with Crippen LogP contribution in [0, 0.1) is 0 Å². The molecule has 5 atom stereocenters. The second-order valence-corrected chi connectivity index (χ2v) is 15.4. The molecule has 0 saturated heterocycles. The van der Waals surface area contributed by atoms with Crippen LogP contribution in [0.2, 0.25) is 0 Å². The molecule has 14 nitrogen and oxygen atoms in total. The number of unbranched alkanes of at least 4 members (excludes halogenated alkanes) is 2. The lowest BCUT2D eigenvalue weighted by atomic mass is 10.00. The third-order valence-corrected chi connectivity index (χ3v) is 11.2. The van der Waals surface area contributed by atoms with Crippen LogP contribution in [-0.4, -0.2) is 77.8 Å². The van der Waals surface area contributed by atoms with Crippen molar-refractivity contribution in [2.24, 2.45) is 22.9 Å². The molecule has 5 rings (SSSR count). The van der Waals surface area contributed by atoms with Crippen LogP contribution in [0.25, 0.3) is 21.0 Å². The third kappa shape index (κ3) is 12.2. The molecule has 0 bridgehead atoms. The Hall–Kier alpha value is -5.61. The van der Waals surface area contributed by atoms with Crippen LogP contribution >= 0.6 is 11.3 Å². The molecule has 13 N–H and O–H groups in total. The van der Waals surface area contributed by atoms with E-state index in [1.165, 1.54) is 11.3 Å². The van der Waals surface area contributed by atoms with E-state index in [-0.39, 0.29) is 25.7 Å². The van der Waals surface area contributed by atoms with Crippen molar-refractivity contribution in [2.75, 3.05) is 13.1 Å². The molecule has 0 fully saturated rings. The van der Waals surface area contributed by atoms with Gasteiger partial charge in [0.2, 0.25) is 29.5 Å². The smallest absolute Gasteiger partial charge is 0.243 e. The first-order valence-electron chi connectivity index (χ1n) is 19.8. The quantitative estimate of drug-likeness (QED) is 0.0442. The summed E-state index contributed by atoms with van der Waals surface area (Å²) in [7, 11) is 0. The van der Waals surface area contributed by atoms with Crippen LogP contribution in [0.5, 0.6) is 0 Å². The number of carbonyl (C=O) groups excluding carboxylic acids is 5. The van der Waals surface area contributed by atoms with Crippen LogP contribution in [0.3, 0.4) is 0 Å². The summed E-state index contributed by atoms with van der Waals surface area (Å²) >= 11 is 1.53. The highest BCUT2D eigenvalue weighted by molar-refractivity contribution is 7.17. The molecule has 2 heterocycles. The lowest BCUT2D eigenvalue weighted by Crippen LogP contribution is -2.59. The number of thiophene rings is 1. The largest absolute Gasteiger partial charge is 0.368 e. The Morgan fingerprint density at radius 2 is 1.12 bits per heavy atom. The van der Waals surface area contributed by atoms with Crippen molar-refractivity contribution in [3.05, 3.63) is 107 Å². The molecule has 3 aromatic carbocycles. The topological polar surface area (TPSA) is 253 Å². The van der Waals surface area contributed by atoms with Gasteiger partial charge in [-0.3, -0.25) is 24.0 Å². The number of hydrogen-bond acceptors (Lipinski definition) is 9. The highest BCUT2D eigenvalue weighted by atomic mass is 32.1. The monoisotopic (exact) mass is 809 g/mol. The molecule has 0 saturated carbocycles. The molecule has 2 aromatic heterocycles. The molecule has 0 unspecified atom stereocenters. The summed E-state index contributed by atoms with van der Waals surface area (Å²) in [4.78, 5) is 72.0. The Morgan fingerprint density at radius 1 is 0.586 bits per heavy atom. The first-order chi connectivity index (χ1) is 28.1. The second kappa shape index (κ2) is 21.8. The number of aromatic nitrogens is 1. The first kappa shape index (κ1) is 43.5. The molecular formula is C43H55N9O5S. The number of primary amides is 1.